The van der Waals surface area contributed by atoms with Gasteiger partial charge < -0.3 is 10.2 Å². The maximum absolute atomic E-state index is 6.05. The summed E-state index contributed by atoms with van der Waals surface area (Å²) in [4.78, 5) is 2.60. The summed E-state index contributed by atoms with van der Waals surface area (Å²) < 4.78 is 0. The zero-order chi connectivity index (χ0) is 15.2. The molecule has 0 bridgehead atoms. The molecule has 3 heteroatoms. The Bertz CT molecular complexity index is 425. The van der Waals surface area contributed by atoms with Crippen LogP contribution in [-0.2, 0) is 6.42 Å². The first-order valence-corrected chi connectivity index (χ1v) is 8.63. The fraction of sp³-hybridized carbons (Fsp3) is 0.667. The van der Waals surface area contributed by atoms with Crippen molar-refractivity contribution in [3.8, 4) is 0 Å². The number of likely N-dealkylation sites (tertiary alicyclic amines) is 1. The molecule has 0 aromatic heterocycles. The zero-order valence-corrected chi connectivity index (χ0v) is 14.4. The van der Waals surface area contributed by atoms with E-state index in [0.29, 0.717) is 12.1 Å². The number of hydrogen-bond acceptors (Lipinski definition) is 2. The zero-order valence-electron chi connectivity index (χ0n) is 13.6. The minimum Gasteiger partial charge on any atom is -0.311 e. The van der Waals surface area contributed by atoms with E-state index in [-0.39, 0.29) is 0 Å². The molecule has 118 valence electrons. The maximum atomic E-state index is 6.05. The van der Waals surface area contributed by atoms with Crippen molar-refractivity contribution in [2.75, 3.05) is 19.6 Å². The average Bonchev–Trinajstić information content (AvgIpc) is 2.40. The number of nitrogens with one attached hydrogen (secondary N) is 1. The van der Waals surface area contributed by atoms with Gasteiger partial charge in [-0.15, -0.1) is 0 Å². The van der Waals surface area contributed by atoms with Crippen molar-refractivity contribution in [1.82, 2.24) is 10.2 Å². The molecule has 2 nitrogen and oxygen atoms in total. The van der Waals surface area contributed by atoms with E-state index in [0.717, 1.165) is 17.4 Å². The van der Waals surface area contributed by atoms with Crippen LogP contribution in [0.2, 0.25) is 5.02 Å². The van der Waals surface area contributed by atoms with Gasteiger partial charge in [-0.3, -0.25) is 0 Å². The molecule has 1 unspecified atom stereocenters. The van der Waals surface area contributed by atoms with E-state index in [1.54, 1.807) is 0 Å². The second kappa shape index (κ2) is 8.17. The Morgan fingerprint density at radius 3 is 2.57 bits per heavy atom. The third kappa shape index (κ3) is 5.98. The van der Waals surface area contributed by atoms with E-state index in [4.69, 9.17) is 11.6 Å². The van der Waals surface area contributed by atoms with E-state index in [1.165, 1.54) is 38.0 Å². The van der Waals surface area contributed by atoms with Gasteiger partial charge in [0.15, 0.2) is 0 Å². The van der Waals surface area contributed by atoms with Crippen LogP contribution < -0.4 is 5.32 Å². The summed E-state index contributed by atoms with van der Waals surface area (Å²) >= 11 is 6.05. The van der Waals surface area contributed by atoms with E-state index in [9.17, 15) is 0 Å². The number of halogens is 1. The van der Waals surface area contributed by atoms with E-state index in [2.05, 4.69) is 43.1 Å². The highest BCUT2D eigenvalue weighted by Crippen LogP contribution is 2.15. The van der Waals surface area contributed by atoms with Crippen molar-refractivity contribution in [3.05, 3.63) is 34.9 Å². The van der Waals surface area contributed by atoms with E-state index in [1.807, 2.05) is 12.1 Å². The van der Waals surface area contributed by atoms with Gasteiger partial charge >= 0.3 is 0 Å². The van der Waals surface area contributed by atoms with Crippen molar-refractivity contribution in [1.29, 1.82) is 0 Å². The minimum atomic E-state index is 0.505. The topological polar surface area (TPSA) is 15.3 Å². The molecule has 0 spiro atoms. The number of nitrogens with zero attached hydrogens (tertiary/aromatic N) is 1. The predicted octanol–water partition coefficient (Wildman–Crippen LogP) is 3.98. The van der Waals surface area contributed by atoms with Crippen LogP contribution in [-0.4, -0.2) is 36.6 Å². The summed E-state index contributed by atoms with van der Waals surface area (Å²) in [7, 11) is 0. The molecule has 21 heavy (non-hydrogen) atoms. The minimum absolute atomic E-state index is 0.505. The normalized spacial score (nSPS) is 19.1. The highest BCUT2D eigenvalue weighted by molar-refractivity contribution is 6.30. The summed E-state index contributed by atoms with van der Waals surface area (Å²) in [5.74, 6) is 0.774. The summed E-state index contributed by atoms with van der Waals surface area (Å²) in [5.41, 5.74) is 1.32. The molecule has 0 aliphatic carbocycles. The Kier molecular flexibility index (Phi) is 6.53. The lowest BCUT2D eigenvalue weighted by atomic mass is 10.0. The molecule has 0 amide bonds. The van der Waals surface area contributed by atoms with Gasteiger partial charge in [-0.2, -0.15) is 0 Å². The summed E-state index contributed by atoms with van der Waals surface area (Å²) in [5, 5.41) is 4.63. The van der Waals surface area contributed by atoms with E-state index >= 15 is 0 Å². The Balaban J connectivity index is 1.73. The van der Waals surface area contributed by atoms with Gasteiger partial charge in [-0.1, -0.05) is 37.6 Å². The summed E-state index contributed by atoms with van der Waals surface area (Å²) in [6.07, 6.45) is 3.59. The number of benzene rings is 1. The monoisotopic (exact) mass is 308 g/mol. The molecule has 1 aromatic carbocycles. The van der Waals surface area contributed by atoms with Crippen molar-refractivity contribution >= 4 is 11.6 Å². The Morgan fingerprint density at radius 1 is 1.24 bits per heavy atom. The first-order chi connectivity index (χ1) is 10.0. The van der Waals surface area contributed by atoms with E-state index < -0.39 is 0 Å². The Morgan fingerprint density at radius 2 is 1.95 bits per heavy atom. The second-order valence-electron chi connectivity index (χ2n) is 6.87. The number of piperidine rings is 1. The molecule has 1 N–H and O–H groups in total. The molecule has 1 heterocycles. The smallest absolute Gasteiger partial charge is 0.0408 e. The highest BCUT2D eigenvalue weighted by Gasteiger charge is 2.20. The summed E-state index contributed by atoms with van der Waals surface area (Å²) in [6, 6.07) is 9.38. The van der Waals surface area contributed by atoms with Crippen LogP contribution in [0.4, 0.5) is 0 Å². The van der Waals surface area contributed by atoms with Crippen LogP contribution in [0, 0.1) is 5.92 Å². The van der Waals surface area contributed by atoms with Crippen LogP contribution in [0.5, 0.6) is 0 Å². The van der Waals surface area contributed by atoms with Crippen LogP contribution in [0.15, 0.2) is 24.3 Å². The molecule has 2 rings (SSSR count). The highest BCUT2D eigenvalue weighted by atomic mass is 35.5. The molecule has 1 atom stereocenters. The molecule has 0 radical (unpaired) electrons. The fourth-order valence-electron chi connectivity index (χ4n) is 3.28. The molecular weight excluding hydrogens is 280 g/mol. The largest absolute Gasteiger partial charge is 0.311 e. The molecule has 1 fully saturated rings. The van der Waals surface area contributed by atoms with Crippen molar-refractivity contribution in [2.24, 2.45) is 5.92 Å². The van der Waals surface area contributed by atoms with Gasteiger partial charge in [0.25, 0.3) is 0 Å². The van der Waals surface area contributed by atoms with Crippen LogP contribution in [0.1, 0.15) is 39.2 Å². The lowest BCUT2D eigenvalue weighted by molar-refractivity contribution is 0.175. The third-order valence-corrected chi connectivity index (χ3v) is 4.40. The van der Waals surface area contributed by atoms with Crippen molar-refractivity contribution < 1.29 is 0 Å². The number of rotatable bonds is 6. The molecule has 1 saturated heterocycles. The molecule has 1 aromatic rings. The third-order valence-electron chi connectivity index (χ3n) is 4.16. The van der Waals surface area contributed by atoms with Gasteiger partial charge in [0.1, 0.15) is 0 Å². The average molecular weight is 309 g/mol. The van der Waals surface area contributed by atoms with Crippen molar-refractivity contribution in [2.45, 2.75) is 52.1 Å². The lowest BCUT2D eigenvalue weighted by Gasteiger charge is -2.34. The van der Waals surface area contributed by atoms with Gasteiger partial charge in [0, 0.05) is 23.7 Å². The second-order valence-corrected chi connectivity index (χ2v) is 7.31. The maximum Gasteiger partial charge on any atom is 0.0408 e. The van der Waals surface area contributed by atoms with Crippen LogP contribution >= 0.6 is 11.6 Å². The Hall–Kier alpha value is -0.570. The lowest BCUT2D eigenvalue weighted by Crippen LogP contribution is -2.46. The molecule has 1 aliphatic heterocycles. The molecular formula is C18H29ClN2. The fourth-order valence-corrected chi connectivity index (χ4v) is 3.49. The van der Waals surface area contributed by atoms with Gasteiger partial charge in [0.05, 0.1) is 0 Å². The first kappa shape index (κ1) is 16.8. The van der Waals surface area contributed by atoms with Crippen LogP contribution in [0.3, 0.4) is 0 Å². The standard InChI is InChI=1S/C18H29ClN2/c1-14(2)13-21-9-7-18(8-10-21)20-15(3)11-16-5-4-6-17(19)12-16/h4-6,12,14-15,18,20H,7-11,13H2,1-3H3. The number of hydrogen-bond donors (Lipinski definition) is 1. The molecule has 0 saturated carbocycles. The summed E-state index contributed by atoms with van der Waals surface area (Å²) in [6.45, 7) is 10.6. The Labute approximate surface area is 134 Å². The van der Waals surface area contributed by atoms with Gasteiger partial charge in [-0.05, 0) is 62.9 Å². The van der Waals surface area contributed by atoms with Gasteiger partial charge in [0.2, 0.25) is 0 Å². The quantitative estimate of drug-likeness (QED) is 0.855. The molecule has 1 aliphatic rings. The van der Waals surface area contributed by atoms with Gasteiger partial charge in [-0.25, -0.2) is 0 Å². The first-order valence-electron chi connectivity index (χ1n) is 8.25. The van der Waals surface area contributed by atoms with Crippen LogP contribution in [0.25, 0.3) is 0 Å². The van der Waals surface area contributed by atoms with Crippen molar-refractivity contribution in [3.63, 3.8) is 0 Å². The SMILES string of the molecule is CC(C)CN1CCC(NC(C)Cc2cccc(Cl)c2)CC1. The predicted molar refractivity (Wildman–Crippen MR) is 92.1 cm³/mol.